The highest BCUT2D eigenvalue weighted by Crippen LogP contribution is 2.50. The van der Waals surface area contributed by atoms with Crippen molar-refractivity contribution in [3.8, 4) is 16.9 Å². The van der Waals surface area contributed by atoms with Gasteiger partial charge in [0.05, 0.1) is 6.61 Å². The van der Waals surface area contributed by atoms with E-state index in [0.717, 1.165) is 0 Å². The van der Waals surface area contributed by atoms with E-state index < -0.39 is 17.7 Å². The molecule has 1 fully saturated rings. The summed E-state index contributed by atoms with van der Waals surface area (Å²) >= 11 is 6.11. The fourth-order valence-corrected chi connectivity index (χ4v) is 2.88. The molecule has 1 unspecified atom stereocenters. The molecular formula is C18H16ClF2NO2. The summed E-state index contributed by atoms with van der Waals surface area (Å²) in [4.78, 5) is 11.6. The van der Waals surface area contributed by atoms with Crippen LogP contribution in [0.2, 0.25) is 5.02 Å². The second-order valence-electron chi connectivity index (χ2n) is 5.88. The first-order valence-electron chi connectivity index (χ1n) is 7.57. The number of hydrogen-bond acceptors (Lipinski definition) is 2. The van der Waals surface area contributed by atoms with Gasteiger partial charge >= 0.3 is 0 Å². The summed E-state index contributed by atoms with van der Waals surface area (Å²) < 4.78 is 31.3. The largest absolute Gasteiger partial charge is 0.494 e. The van der Waals surface area contributed by atoms with Crippen LogP contribution in [0.5, 0.6) is 5.75 Å². The maximum absolute atomic E-state index is 12.9. The van der Waals surface area contributed by atoms with E-state index in [4.69, 9.17) is 22.1 Å². The smallest absolute Gasteiger partial charge is 0.251 e. The van der Waals surface area contributed by atoms with Gasteiger partial charge in [-0.1, -0.05) is 29.8 Å². The van der Waals surface area contributed by atoms with Gasteiger partial charge < -0.3 is 10.5 Å². The Balaban J connectivity index is 1.78. The highest BCUT2D eigenvalue weighted by Gasteiger charge is 2.56. The lowest BCUT2D eigenvalue weighted by Gasteiger charge is -2.11. The first-order chi connectivity index (χ1) is 11.4. The van der Waals surface area contributed by atoms with E-state index in [2.05, 4.69) is 0 Å². The Morgan fingerprint density at radius 1 is 1.29 bits per heavy atom. The summed E-state index contributed by atoms with van der Waals surface area (Å²) in [7, 11) is 0. The molecule has 2 aromatic carbocycles. The van der Waals surface area contributed by atoms with Crippen molar-refractivity contribution in [1.29, 1.82) is 0 Å². The maximum Gasteiger partial charge on any atom is 0.251 e. The molecule has 0 aliphatic heterocycles. The molecule has 1 amide bonds. The number of rotatable bonds is 6. The minimum atomic E-state index is -2.54. The number of benzene rings is 2. The van der Waals surface area contributed by atoms with Crippen LogP contribution in [-0.2, 0) is 0 Å². The molecule has 24 heavy (non-hydrogen) atoms. The standard InChI is InChI=1S/C18H16ClF2NO2/c19-13-7-11(15-3-1-2-4-16(15)17(22)23)8-14(9-13)24-6-5-12-10-18(12,20)21/h1-4,7-9,12H,5-6,10H2,(H2,22,23). The topological polar surface area (TPSA) is 52.3 Å². The molecule has 0 aromatic heterocycles. The van der Waals surface area contributed by atoms with Gasteiger partial charge in [-0.25, -0.2) is 8.78 Å². The molecule has 0 bridgehead atoms. The number of ether oxygens (including phenoxy) is 1. The average Bonchev–Trinajstić information content (AvgIpc) is 3.13. The minimum absolute atomic E-state index is 0.0663. The molecule has 1 aliphatic carbocycles. The predicted molar refractivity (Wildman–Crippen MR) is 88.6 cm³/mol. The maximum atomic E-state index is 12.9. The zero-order valence-electron chi connectivity index (χ0n) is 12.8. The molecule has 3 rings (SSSR count). The lowest BCUT2D eigenvalue weighted by Crippen LogP contribution is -2.12. The molecule has 126 valence electrons. The van der Waals surface area contributed by atoms with E-state index in [1.54, 1.807) is 42.5 Å². The van der Waals surface area contributed by atoms with Crippen molar-refractivity contribution < 1.29 is 18.3 Å². The van der Waals surface area contributed by atoms with Crippen molar-refractivity contribution in [1.82, 2.24) is 0 Å². The van der Waals surface area contributed by atoms with Gasteiger partial charge in [-0.2, -0.15) is 0 Å². The van der Waals surface area contributed by atoms with Crippen LogP contribution in [0, 0.1) is 5.92 Å². The van der Waals surface area contributed by atoms with Crippen molar-refractivity contribution >= 4 is 17.5 Å². The fourth-order valence-electron chi connectivity index (χ4n) is 2.65. The van der Waals surface area contributed by atoms with Crippen LogP contribution in [0.25, 0.3) is 11.1 Å². The van der Waals surface area contributed by atoms with Crippen LogP contribution >= 0.6 is 11.6 Å². The van der Waals surface area contributed by atoms with Gasteiger partial charge in [-0.15, -0.1) is 0 Å². The first-order valence-corrected chi connectivity index (χ1v) is 7.95. The summed E-state index contributed by atoms with van der Waals surface area (Å²) in [5.74, 6) is -3.19. The van der Waals surface area contributed by atoms with Crippen molar-refractivity contribution in [3.63, 3.8) is 0 Å². The van der Waals surface area contributed by atoms with Gasteiger partial charge in [-0.3, -0.25) is 4.79 Å². The lowest BCUT2D eigenvalue weighted by atomic mass is 9.99. The van der Waals surface area contributed by atoms with Crippen LogP contribution in [0.15, 0.2) is 42.5 Å². The Morgan fingerprint density at radius 3 is 2.67 bits per heavy atom. The number of carbonyl (C=O) groups is 1. The molecule has 2 aromatic rings. The number of nitrogens with two attached hydrogens (primary N) is 1. The van der Waals surface area contributed by atoms with Crippen molar-refractivity contribution in [2.45, 2.75) is 18.8 Å². The van der Waals surface area contributed by atoms with E-state index in [0.29, 0.717) is 33.9 Å². The van der Waals surface area contributed by atoms with E-state index in [-0.39, 0.29) is 13.0 Å². The summed E-state index contributed by atoms with van der Waals surface area (Å²) in [6, 6.07) is 11.9. The van der Waals surface area contributed by atoms with Gasteiger partial charge in [0.1, 0.15) is 5.75 Å². The molecule has 1 aliphatic rings. The van der Waals surface area contributed by atoms with Crippen LogP contribution in [0.1, 0.15) is 23.2 Å². The molecule has 3 nitrogen and oxygen atoms in total. The Morgan fingerprint density at radius 2 is 2.00 bits per heavy atom. The first kappa shape index (κ1) is 16.7. The quantitative estimate of drug-likeness (QED) is 0.831. The highest BCUT2D eigenvalue weighted by molar-refractivity contribution is 6.31. The van der Waals surface area contributed by atoms with Gasteiger partial charge in [-0.05, 0) is 41.8 Å². The molecule has 0 heterocycles. The molecule has 0 saturated heterocycles. The number of hydrogen-bond donors (Lipinski definition) is 1. The Kier molecular flexibility index (Phi) is 4.45. The van der Waals surface area contributed by atoms with Gasteiger partial charge in [0, 0.05) is 22.9 Å². The van der Waals surface area contributed by atoms with Crippen molar-refractivity contribution in [3.05, 3.63) is 53.1 Å². The second kappa shape index (κ2) is 6.40. The molecule has 0 spiro atoms. The lowest BCUT2D eigenvalue weighted by molar-refractivity contribution is 0.0929. The molecule has 1 saturated carbocycles. The second-order valence-corrected chi connectivity index (χ2v) is 6.32. The monoisotopic (exact) mass is 351 g/mol. The van der Waals surface area contributed by atoms with Crippen molar-refractivity contribution in [2.75, 3.05) is 6.61 Å². The number of primary amides is 1. The van der Waals surface area contributed by atoms with Crippen molar-refractivity contribution in [2.24, 2.45) is 11.7 Å². The summed E-state index contributed by atoms with van der Waals surface area (Å²) in [6.45, 7) is 0.192. The third-order valence-corrected chi connectivity index (χ3v) is 4.28. The Labute approximate surface area is 143 Å². The fraction of sp³-hybridized carbons (Fsp3) is 0.278. The molecule has 6 heteroatoms. The molecule has 0 radical (unpaired) electrons. The predicted octanol–water partition coefficient (Wildman–Crippen LogP) is 4.53. The summed E-state index contributed by atoms with van der Waals surface area (Å²) in [6.07, 6.45) is 0.232. The van der Waals surface area contributed by atoms with E-state index in [1.807, 2.05) is 0 Å². The highest BCUT2D eigenvalue weighted by atomic mass is 35.5. The number of halogens is 3. The Hall–Kier alpha value is -2.14. The van der Waals surface area contributed by atoms with Crippen LogP contribution < -0.4 is 10.5 Å². The number of carbonyl (C=O) groups excluding carboxylic acids is 1. The summed E-state index contributed by atoms with van der Waals surface area (Å²) in [5, 5.41) is 0.429. The third kappa shape index (κ3) is 3.67. The number of amides is 1. The van der Waals surface area contributed by atoms with Crippen LogP contribution in [0.4, 0.5) is 8.78 Å². The zero-order chi connectivity index (χ0) is 17.3. The third-order valence-electron chi connectivity index (χ3n) is 4.07. The Bertz CT molecular complexity index is 779. The minimum Gasteiger partial charge on any atom is -0.494 e. The zero-order valence-corrected chi connectivity index (χ0v) is 13.5. The average molecular weight is 352 g/mol. The van der Waals surface area contributed by atoms with Gasteiger partial charge in [0.2, 0.25) is 5.91 Å². The van der Waals surface area contributed by atoms with Crippen LogP contribution in [-0.4, -0.2) is 18.4 Å². The van der Waals surface area contributed by atoms with E-state index in [1.165, 1.54) is 0 Å². The van der Waals surface area contributed by atoms with E-state index in [9.17, 15) is 13.6 Å². The molecule has 2 N–H and O–H groups in total. The van der Waals surface area contributed by atoms with Gasteiger partial charge in [0.25, 0.3) is 5.92 Å². The SMILES string of the molecule is NC(=O)c1ccccc1-c1cc(Cl)cc(OCCC2CC2(F)F)c1. The molecular weight excluding hydrogens is 336 g/mol. The van der Waals surface area contributed by atoms with E-state index >= 15 is 0 Å². The molecule has 1 atom stereocenters. The van der Waals surface area contributed by atoms with Gasteiger partial charge in [0.15, 0.2) is 0 Å². The normalized spacial score (nSPS) is 18.2. The summed E-state index contributed by atoms with van der Waals surface area (Å²) in [5.41, 5.74) is 7.11. The number of alkyl halides is 2. The van der Waals surface area contributed by atoms with Crippen LogP contribution in [0.3, 0.4) is 0 Å².